The van der Waals surface area contributed by atoms with Crippen LogP contribution in [0, 0.1) is 0 Å². The second kappa shape index (κ2) is 3.36. The molecule has 1 saturated heterocycles. The summed E-state index contributed by atoms with van der Waals surface area (Å²) in [5, 5.41) is 28.4. The number of hydrogen-bond acceptors (Lipinski definition) is 5. The number of rotatable bonds is 0. The third kappa shape index (κ3) is 1.66. The summed E-state index contributed by atoms with van der Waals surface area (Å²) < 4.78 is 23.9. The van der Waals surface area contributed by atoms with Gasteiger partial charge in [0.2, 0.25) is 0 Å². The van der Waals surface area contributed by atoms with E-state index in [-0.39, 0.29) is 0 Å². The molecule has 0 aromatic rings. The number of hydrogen-bond donors (Lipinski definition) is 3. The normalized spacial score (nSPS) is 54.0. The van der Waals surface area contributed by atoms with Crippen molar-refractivity contribution in [1.29, 1.82) is 0 Å². The number of aliphatic hydroxyl groups is 3. The minimum atomic E-state index is -1.92. The summed E-state index contributed by atoms with van der Waals surface area (Å²) in [5.41, 5.74) is 0. The van der Waals surface area contributed by atoms with E-state index in [4.69, 9.17) is 9.47 Å². The molecule has 0 aromatic heterocycles. The molecule has 2 aliphatic rings. The molecular weight excluding hydrogens is 207 g/mol. The molecule has 0 unspecified atom stereocenters. The second-order valence-electron chi connectivity index (χ2n) is 4.48. The first-order valence-electron chi connectivity index (χ1n) is 4.87. The van der Waals surface area contributed by atoms with Gasteiger partial charge in [0, 0.05) is 0 Å². The van der Waals surface area contributed by atoms with Crippen LogP contribution in [0.3, 0.4) is 0 Å². The average Bonchev–Trinajstić information content (AvgIpc) is 2.48. The molecule has 0 radical (unpaired) electrons. The summed E-state index contributed by atoms with van der Waals surface area (Å²) in [6.07, 6.45) is -8.24. The van der Waals surface area contributed by atoms with Crippen molar-refractivity contribution in [2.24, 2.45) is 0 Å². The van der Waals surface area contributed by atoms with Crippen LogP contribution in [0.4, 0.5) is 4.39 Å². The SMILES string of the molecule is CC1(C)O[C@@H]2[C@@H](O)[C@H](O)[C@@H](F)[C@H](O)[C@@H]2O1. The Balaban J connectivity index is 2.23. The van der Waals surface area contributed by atoms with Gasteiger partial charge in [-0.3, -0.25) is 0 Å². The molecule has 6 atom stereocenters. The fourth-order valence-electron chi connectivity index (χ4n) is 2.11. The van der Waals surface area contributed by atoms with Crippen molar-refractivity contribution in [1.82, 2.24) is 0 Å². The van der Waals surface area contributed by atoms with Gasteiger partial charge in [0.1, 0.15) is 30.5 Å². The first kappa shape index (κ1) is 11.2. The minimum Gasteiger partial charge on any atom is -0.387 e. The van der Waals surface area contributed by atoms with Gasteiger partial charge >= 0.3 is 0 Å². The number of aliphatic hydroxyl groups excluding tert-OH is 3. The van der Waals surface area contributed by atoms with Crippen molar-refractivity contribution in [3.63, 3.8) is 0 Å². The van der Waals surface area contributed by atoms with E-state index in [0.717, 1.165) is 0 Å². The van der Waals surface area contributed by atoms with Gasteiger partial charge in [-0.2, -0.15) is 0 Å². The maximum Gasteiger partial charge on any atom is 0.164 e. The van der Waals surface area contributed by atoms with Gasteiger partial charge < -0.3 is 24.8 Å². The Hall–Kier alpha value is -0.270. The van der Waals surface area contributed by atoms with Crippen molar-refractivity contribution in [2.75, 3.05) is 0 Å². The smallest absolute Gasteiger partial charge is 0.164 e. The predicted molar refractivity (Wildman–Crippen MR) is 46.7 cm³/mol. The highest BCUT2D eigenvalue weighted by molar-refractivity contribution is 5.03. The van der Waals surface area contributed by atoms with Crippen LogP contribution in [0.25, 0.3) is 0 Å². The fourth-order valence-corrected chi connectivity index (χ4v) is 2.11. The Kier molecular flexibility index (Phi) is 2.51. The van der Waals surface area contributed by atoms with Crippen molar-refractivity contribution in [3.8, 4) is 0 Å². The standard InChI is InChI=1S/C9H15FO5/c1-9(2)14-7-5(12)3(10)4(11)6(13)8(7)15-9/h3-8,11-13H,1-2H3/t3-,4-,5+,6+,7+,8-/m1/s1. The van der Waals surface area contributed by atoms with Gasteiger partial charge in [-0.1, -0.05) is 0 Å². The Morgan fingerprint density at radius 2 is 1.40 bits per heavy atom. The molecular formula is C9H15FO5. The number of fused-ring (bicyclic) bond motifs is 1. The van der Waals surface area contributed by atoms with Crippen LogP contribution >= 0.6 is 0 Å². The van der Waals surface area contributed by atoms with Crippen molar-refractivity contribution < 1.29 is 29.2 Å². The Bertz CT molecular complexity index is 235. The van der Waals surface area contributed by atoms with E-state index in [2.05, 4.69) is 0 Å². The third-order valence-corrected chi connectivity index (χ3v) is 2.84. The summed E-state index contributed by atoms with van der Waals surface area (Å²) in [4.78, 5) is 0. The molecule has 3 N–H and O–H groups in total. The zero-order valence-corrected chi connectivity index (χ0v) is 8.50. The average molecular weight is 222 g/mol. The van der Waals surface area contributed by atoms with E-state index in [0.29, 0.717) is 0 Å². The van der Waals surface area contributed by atoms with E-state index in [1.807, 2.05) is 0 Å². The minimum absolute atomic E-state index is 0.892. The molecule has 0 aromatic carbocycles. The largest absolute Gasteiger partial charge is 0.387 e. The highest BCUT2D eigenvalue weighted by Gasteiger charge is 2.57. The number of alkyl halides is 1. The highest BCUT2D eigenvalue weighted by atomic mass is 19.1. The quantitative estimate of drug-likeness (QED) is 0.487. The maximum atomic E-state index is 13.3. The summed E-state index contributed by atoms with van der Waals surface area (Å²) in [6.45, 7) is 3.20. The zero-order valence-electron chi connectivity index (χ0n) is 8.50. The molecule has 1 heterocycles. The molecule has 1 aliphatic heterocycles. The highest BCUT2D eigenvalue weighted by Crippen LogP contribution is 2.38. The van der Waals surface area contributed by atoms with Crippen molar-refractivity contribution >= 4 is 0 Å². The molecule has 0 bridgehead atoms. The van der Waals surface area contributed by atoms with Crippen LogP contribution in [0.1, 0.15) is 13.8 Å². The molecule has 2 fully saturated rings. The second-order valence-corrected chi connectivity index (χ2v) is 4.48. The lowest BCUT2D eigenvalue weighted by molar-refractivity contribution is -0.171. The lowest BCUT2D eigenvalue weighted by Crippen LogP contribution is -2.61. The van der Waals surface area contributed by atoms with E-state index in [1.54, 1.807) is 13.8 Å². The van der Waals surface area contributed by atoms with Crippen molar-refractivity contribution in [3.05, 3.63) is 0 Å². The molecule has 2 rings (SSSR count). The molecule has 88 valence electrons. The Labute approximate surface area is 86.4 Å². The van der Waals surface area contributed by atoms with Gasteiger partial charge in [-0.05, 0) is 13.8 Å². The van der Waals surface area contributed by atoms with E-state index in [9.17, 15) is 19.7 Å². The predicted octanol–water partition coefficient (Wildman–Crippen LogP) is -1.06. The monoisotopic (exact) mass is 222 g/mol. The molecule has 1 saturated carbocycles. The molecule has 1 aliphatic carbocycles. The van der Waals surface area contributed by atoms with Gasteiger partial charge in [-0.25, -0.2) is 4.39 Å². The van der Waals surface area contributed by atoms with Gasteiger partial charge in [0.15, 0.2) is 12.0 Å². The lowest BCUT2D eigenvalue weighted by Gasteiger charge is -2.37. The first-order valence-corrected chi connectivity index (χ1v) is 4.87. The van der Waals surface area contributed by atoms with Crippen LogP contribution in [0.5, 0.6) is 0 Å². The van der Waals surface area contributed by atoms with E-state index < -0.39 is 42.5 Å². The van der Waals surface area contributed by atoms with Gasteiger partial charge in [0.25, 0.3) is 0 Å². The van der Waals surface area contributed by atoms with Gasteiger partial charge in [0.05, 0.1) is 0 Å². The molecule has 0 amide bonds. The van der Waals surface area contributed by atoms with Crippen LogP contribution in [-0.2, 0) is 9.47 Å². The lowest BCUT2D eigenvalue weighted by atomic mass is 9.86. The van der Waals surface area contributed by atoms with E-state index in [1.165, 1.54) is 0 Å². The Morgan fingerprint density at radius 3 is 1.93 bits per heavy atom. The van der Waals surface area contributed by atoms with Crippen molar-refractivity contribution in [2.45, 2.75) is 56.3 Å². The molecule has 15 heavy (non-hydrogen) atoms. The summed E-state index contributed by atoms with van der Waals surface area (Å²) in [6, 6.07) is 0. The fraction of sp³-hybridized carbons (Fsp3) is 1.00. The molecule has 0 spiro atoms. The molecule has 6 heteroatoms. The van der Waals surface area contributed by atoms with E-state index >= 15 is 0 Å². The summed E-state index contributed by atoms with van der Waals surface area (Å²) in [7, 11) is 0. The maximum absolute atomic E-state index is 13.3. The summed E-state index contributed by atoms with van der Waals surface area (Å²) >= 11 is 0. The van der Waals surface area contributed by atoms with Crippen LogP contribution < -0.4 is 0 Å². The Morgan fingerprint density at radius 1 is 0.933 bits per heavy atom. The zero-order chi connectivity index (χ0) is 11.4. The van der Waals surface area contributed by atoms with Crippen LogP contribution in [0.15, 0.2) is 0 Å². The topological polar surface area (TPSA) is 79.2 Å². The summed E-state index contributed by atoms with van der Waals surface area (Å²) in [5.74, 6) is -0.985. The number of halogens is 1. The van der Waals surface area contributed by atoms with Crippen LogP contribution in [-0.4, -0.2) is 57.8 Å². The van der Waals surface area contributed by atoms with Gasteiger partial charge in [-0.15, -0.1) is 0 Å². The first-order chi connectivity index (χ1) is 6.83. The number of ether oxygens (including phenoxy) is 2. The third-order valence-electron chi connectivity index (χ3n) is 2.84. The molecule has 5 nitrogen and oxygen atoms in total. The van der Waals surface area contributed by atoms with Crippen LogP contribution in [0.2, 0.25) is 0 Å².